The van der Waals surface area contributed by atoms with Gasteiger partial charge in [-0.3, -0.25) is 4.98 Å². The van der Waals surface area contributed by atoms with E-state index in [2.05, 4.69) is 24.1 Å². The lowest BCUT2D eigenvalue weighted by Gasteiger charge is -2.08. The fourth-order valence-electron chi connectivity index (χ4n) is 1.42. The first-order chi connectivity index (χ1) is 7.84. The molecule has 0 unspecified atom stereocenters. The molecule has 0 aliphatic carbocycles. The maximum atomic E-state index is 5.49. The quantitative estimate of drug-likeness (QED) is 0.686. The summed E-state index contributed by atoms with van der Waals surface area (Å²) in [5.74, 6) is 0. The molecular weight excluding hydrogens is 200 g/mol. The Bertz CT molecular complexity index is 289. The molecule has 0 radical (unpaired) electrons. The van der Waals surface area contributed by atoms with Crippen molar-refractivity contribution in [1.29, 1.82) is 0 Å². The van der Waals surface area contributed by atoms with Crippen LogP contribution < -0.4 is 5.32 Å². The summed E-state index contributed by atoms with van der Waals surface area (Å²) in [5.41, 5.74) is 2.36. The third-order valence-electron chi connectivity index (χ3n) is 2.44. The zero-order valence-corrected chi connectivity index (χ0v) is 10.3. The van der Waals surface area contributed by atoms with Gasteiger partial charge in [0.2, 0.25) is 0 Å². The number of aryl methyl sites for hydroxylation is 1. The summed E-state index contributed by atoms with van der Waals surface area (Å²) in [5, 5.41) is 3.38. The molecule has 1 heterocycles. The first-order valence-corrected chi connectivity index (χ1v) is 6.07. The molecular formula is C13H22N2O. The molecule has 0 atom stereocenters. The predicted molar refractivity (Wildman–Crippen MR) is 67.8 cm³/mol. The van der Waals surface area contributed by atoms with Gasteiger partial charge in [-0.25, -0.2) is 0 Å². The Morgan fingerprint density at radius 3 is 2.88 bits per heavy atom. The topological polar surface area (TPSA) is 34.1 Å². The Morgan fingerprint density at radius 1 is 1.31 bits per heavy atom. The molecule has 16 heavy (non-hydrogen) atoms. The molecule has 1 aromatic heterocycles. The van der Waals surface area contributed by atoms with Gasteiger partial charge in [-0.15, -0.1) is 0 Å². The van der Waals surface area contributed by atoms with Gasteiger partial charge >= 0.3 is 0 Å². The van der Waals surface area contributed by atoms with Crippen molar-refractivity contribution >= 4 is 5.69 Å². The molecule has 3 heteroatoms. The highest BCUT2D eigenvalue weighted by molar-refractivity contribution is 5.48. The Balaban J connectivity index is 2.05. The number of anilines is 1. The standard InChI is InChI=1S/C13H22N2O/c1-3-4-9-16-10-5-7-15-13-6-8-14-11-12(13)2/h6,8,11H,3-5,7,9-10H2,1-2H3,(H,14,15). The van der Waals surface area contributed by atoms with E-state index in [9.17, 15) is 0 Å². The van der Waals surface area contributed by atoms with Crippen LogP contribution in [0.25, 0.3) is 0 Å². The third-order valence-corrected chi connectivity index (χ3v) is 2.44. The molecule has 0 aromatic carbocycles. The summed E-state index contributed by atoms with van der Waals surface area (Å²) >= 11 is 0. The lowest BCUT2D eigenvalue weighted by Crippen LogP contribution is -2.07. The molecule has 1 rings (SSSR count). The zero-order chi connectivity index (χ0) is 11.6. The van der Waals surface area contributed by atoms with Crippen LogP contribution in [-0.4, -0.2) is 24.7 Å². The monoisotopic (exact) mass is 222 g/mol. The van der Waals surface area contributed by atoms with Gasteiger partial charge in [0.15, 0.2) is 0 Å². The number of ether oxygens (including phenoxy) is 1. The van der Waals surface area contributed by atoms with Gasteiger partial charge in [0, 0.05) is 37.8 Å². The Morgan fingerprint density at radius 2 is 2.12 bits per heavy atom. The van der Waals surface area contributed by atoms with E-state index >= 15 is 0 Å². The number of hydrogen-bond acceptors (Lipinski definition) is 3. The van der Waals surface area contributed by atoms with E-state index in [1.807, 2.05) is 18.5 Å². The number of aromatic nitrogens is 1. The summed E-state index contributed by atoms with van der Waals surface area (Å²) in [6.07, 6.45) is 7.10. The minimum Gasteiger partial charge on any atom is -0.385 e. The zero-order valence-electron chi connectivity index (χ0n) is 10.3. The molecule has 1 aromatic rings. The molecule has 0 aliphatic rings. The van der Waals surface area contributed by atoms with E-state index in [1.54, 1.807) is 0 Å². The van der Waals surface area contributed by atoms with Crippen molar-refractivity contribution in [3.05, 3.63) is 24.0 Å². The molecule has 1 N–H and O–H groups in total. The molecule has 0 aliphatic heterocycles. The maximum Gasteiger partial charge on any atom is 0.0482 e. The average Bonchev–Trinajstić information content (AvgIpc) is 2.30. The third kappa shape index (κ3) is 5.12. The van der Waals surface area contributed by atoms with Gasteiger partial charge in [0.25, 0.3) is 0 Å². The van der Waals surface area contributed by atoms with Crippen LogP contribution in [0.2, 0.25) is 0 Å². The van der Waals surface area contributed by atoms with Crippen LogP contribution in [0.15, 0.2) is 18.5 Å². The summed E-state index contributed by atoms with van der Waals surface area (Å²) in [7, 11) is 0. The Kier molecular flexibility index (Phi) is 6.58. The highest BCUT2D eigenvalue weighted by Gasteiger charge is 1.95. The number of hydrogen-bond donors (Lipinski definition) is 1. The van der Waals surface area contributed by atoms with Crippen LogP contribution in [0.1, 0.15) is 31.7 Å². The van der Waals surface area contributed by atoms with Crippen molar-refractivity contribution in [3.8, 4) is 0 Å². The second kappa shape index (κ2) is 8.11. The lowest BCUT2D eigenvalue weighted by molar-refractivity contribution is 0.131. The smallest absolute Gasteiger partial charge is 0.0482 e. The fraction of sp³-hybridized carbons (Fsp3) is 0.615. The van der Waals surface area contributed by atoms with E-state index in [0.29, 0.717) is 0 Å². The lowest BCUT2D eigenvalue weighted by atomic mass is 10.2. The summed E-state index contributed by atoms with van der Waals surface area (Å²) < 4.78 is 5.49. The molecule has 90 valence electrons. The van der Waals surface area contributed by atoms with Crippen molar-refractivity contribution < 1.29 is 4.74 Å². The molecule has 0 amide bonds. The van der Waals surface area contributed by atoms with Crippen LogP contribution in [-0.2, 0) is 4.74 Å². The second-order valence-electron chi connectivity index (χ2n) is 3.94. The average molecular weight is 222 g/mol. The molecule has 0 fully saturated rings. The number of nitrogens with one attached hydrogen (secondary N) is 1. The van der Waals surface area contributed by atoms with Gasteiger partial charge in [-0.2, -0.15) is 0 Å². The predicted octanol–water partition coefficient (Wildman–Crippen LogP) is 3.01. The second-order valence-corrected chi connectivity index (χ2v) is 3.94. The van der Waals surface area contributed by atoms with E-state index < -0.39 is 0 Å². The highest BCUT2D eigenvalue weighted by atomic mass is 16.5. The number of unbranched alkanes of at least 4 members (excludes halogenated alkanes) is 1. The fourth-order valence-corrected chi connectivity index (χ4v) is 1.42. The van der Waals surface area contributed by atoms with Gasteiger partial charge < -0.3 is 10.1 Å². The normalized spacial score (nSPS) is 10.4. The van der Waals surface area contributed by atoms with E-state index in [0.717, 1.165) is 32.6 Å². The van der Waals surface area contributed by atoms with Crippen LogP contribution >= 0.6 is 0 Å². The number of nitrogens with zero attached hydrogens (tertiary/aromatic N) is 1. The van der Waals surface area contributed by atoms with E-state index in [1.165, 1.54) is 17.7 Å². The van der Waals surface area contributed by atoms with Gasteiger partial charge in [0.1, 0.15) is 0 Å². The summed E-state index contributed by atoms with van der Waals surface area (Å²) in [6.45, 7) is 6.93. The van der Waals surface area contributed by atoms with E-state index in [-0.39, 0.29) is 0 Å². The minimum atomic E-state index is 0.844. The SMILES string of the molecule is CCCCOCCCNc1ccncc1C. The van der Waals surface area contributed by atoms with Gasteiger partial charge in [0.05, 0.1) is 0 Å². The first kappa shape index (κ1) is 13.0. The first-order valence-electron chi connectivity index (χ1n) is 6.07. The van der Waals surface area contributed by atoms with Gasteiger partial charge in [-0.1, -0.05) is 13.3 Å². The maximum absolute atomic E-state index is 5.49. The van der Waals surface area contributed by atoms with Gasteiger partial charge in [-0.05, 0) is 31.4 Å². The van der Waals surface area contributed by atoms with E-state index in [4.69, 9.17) is 4.74 Å². The van der Waals surface area contributed by atoms with Crippen LogP contribution in [0.3, 0.4) is 0 Å². The van der Waals surface area contributed by atoms with Crippen LogP contribution in [0, 0.1) is 6.92 Å². The minimum absolute atomic E-state index is 0.844. The molecule has 0 saturated carbocycles. The highest BCUT2D eigenvalue weighted by Crippen LogP contribution is 2.10. The number of pyridine rings is 1. The van der Waals surface area contributed by atoms with Crippen molar-refractivity contribution in [2.24, 2.45) is 0 Å². The van der Waals surface area contributed by atoms with Crippen molar-refractivity contribution in [3.63, 3.8) is 0 Å². The largest absolute Gasteiger partial charge is 0.385 e. The number of rotatable bonds is 8. The van der Waals surface area contributed by atoms with Crippen LogP contribution in [0.4, 0.5) is 5.69 Å². The van der Waals surface area contributed by atoms with Crippen molar-refractivity contribution in [2.45, 2.75) is 33.1 Å². The molecule has 3 nitrogen and oxygen atoms in total. The molecule has 0 spiro atoms. The Hall–Kier alpha value is -1.09. The summed E-state index contributed by atoms with van der Waals surface area (Å²) in [6, 6.07) is 2.01. The molecule has 0 saturated heterocycles. The van der Waals surface area contributed by atoms with Crippen molar-refractivity contribution in [1.82, 2.24) is 4.98 Å². The van der Waals surface area contributed by atoms with Crippen molar-refractivity contribution in [2.75, 3.05) is 25.1 Å². The Labute approximate surface area is 98.2 Å². The van der Waals surface area contributed by atoms with Crippen LogP contribution in [0.5, 0.6) is 0 Å². The molecule has 0 bridgehead atoms. The summed E-state index contributed by atoms with van der Waals surface area (Å²) in [4.78, 5) is 4.06.